The van der Waals surface area contributed by atoms with Gasteiger partial charge in [0.25, 0.3) is 0 Å². The summed E-state index contributed by atoms with van der Waals surface area (Å²) in [6.07, 6.45) is 2.79. The molecule has 0 radical (unpaired) electrons. The van der Waals surface area contributed by atoms with Gasteiger partial charge in [0, 0.05) is 46.0 Å². The molecular formula is C22H33F3N2O3S2. The van der Waals surface area contributed by atoms with Crippen molar-refractivity contribution in [1.82, 2.24) is 4.31 Å². The van der Waals surface area contributed by atoms with Crippen LogP contribution in [0.15, 0.2) is 12.1 Å². The number of piperidine rings is 1. The number of halogens is 3. The van der Waals surface area contributed by atoms with Crippen LogP contribution in [0.5, 0.6) is 0 Å². The third-order valence-electron chi connectivity index (χ3n) is 6.69. The van der Waals surface area contributed by atoms with E-state index in [1.165, 1.54) is 0 Å². The van der Waals surface area contributed by atoms with Crippen LogP contribution < -0.4 is 5.73 Å². The van der Waals surface area contributed by atoms with Crippen molar-refractivity contribution in [2.75, 3.05) is 18.1 Å². The Hall–Kier alpha value is -0.970. The van der Waals surface area contributed by atoms with Crippen LogP contribution in [0.4, 0.5) is 13.2 Å². The van der Waals surface area contributed by atoms with Gasteiger partial charge < -0.3 is 5.73 Å². The molecule has 0 spiro atoms. The van der Waals surface area contributed by atoms with Crippen molar-refractivity contribution >= 4 is 20.8 Å². The Labute approximate surface area is 191 Å². The minimum Gasteiger partial charge on any atom is -0.329 e. The third kappa shape index (κ3) is 5.56. The number of nitrogens with zero attached hydrogens (tertiary/aromatic N) is 1. The fourth-order valence-electron chi connectivity index (χ4n) is 5.08. The lowest BCUT2D eigenvalue weighted by molar-refractivity contribution is 0.152. The summed E-state index contributed by atoms with van der Waals surface area (Å²) in [5, 5.41) is 0. The molecule has 5 atom stereocenters. The number of sulfonamides is 1. The van der Waals surface area contributed by atoms with Gasteiger partial charge >= 0.3 is 0 Å². The Morgan fingerprint density at radius 3 is 2.19 bits per heavy atom. The highest BCUT2D eigenvalue weighted by Gasteiger charge is 2.48. The van der Waals surface area contributed by atoms with Crippen LogP contribution in [0, 0.1) is 29.3 Å². The Morgan fingerprint density at radius 2 is 1.66 bits per heavy atom. The zero-order chi connectivity index (χ0) is 23.8. The molecule has 1 aromatic rings. The van der Waals surface area contributed by atoms with Gasteiger partial charge in [-0.3, -0.25) is 4.21 Å². The smallest absolute Gasteiger partial charge is 0.215 e. The lowest BCUT2D eigenvalue weighted by atomic mass is 9.79. The van der Waals surface area contributed by atoms with Gasteiger partial charge in [0.05, 0.1) is 5.75 Å². The van der Waals surface area contributed by atoms with E-state index in [2.05, 4.69) is 0 Å². The monoisotopic (exact) mass is 494 g/mol. The molecule has 2 aliphatic rings. The largest absolute Gasteiger partial charge is 0.329 e. The van der Waals surface area contributed by atoms with E-state index >= 15 is 0 Å². The van der Waals surface area contributed by atoms with Gasteiger partial charge in [-0.2, -0.15) is 4.31 Å². The summed E-state index contributed by atoms with van der Waals surface area (Å²) in [5.41, 5.74) is 5.55. The van der Waals surface area contributed by atoms with Crippen LogP contribution in [0.1, 0.15) is 52.0 Å². The Balaban J connectivity index is 1.87. The summed E-state index contributed by atoms with van der Waals surface area (Å²) in [6.45, 7) is 5.66. The molecule has 0 aliphatic carbocycles. The third-order valence-corrected chi connectivity index (χ3v) is 10.8. The van der Waals surface area contributed by atoms with Crippen LogP contribution in [-0.4, -0.2) is 51.8 Å². The Morgan fingerprint density at radius 1 is 1.09 bits per heavy atom. The van der Waals surface area contributed by atoms with E-state index in [4.69, 9.17) is 5.73 Å². The maximum atomic E-state index is 14.4. The number of nitrogens with two attached hydrogens (primary N) is 1. The number of rotatable bonds is 8. The minimum absolute atomic E-state index is 0.00985. The summed E-state index contributed by atoms with van der Waals surface area (Å²) in [6, 6.07) is 1.12. The molecule has 1 unspecified atom stereocenters. The van der Waals surface area contributed by atoms with Gasteiger partial charge in [-0.15, -0.1) is 0 Å². The van der Waals surface area contributed by atoms with Crippen molar-refractivity contribution in [2.24, 2.45) is 17.6 Å². The highest BCUT2D eigenvalue weighted by Crippen LogP contribution is 2.44. The van der Waals surface area contributed by atoms with Crippen molar-refractivity contribution in [1.29, 1.82) is 0 Å². The zero-order valence-electron chi connectivity index (χ0n) is 18.8. The predicted molar refractivity (Wildman–Crippen MR) is 120 cm³/mol. The molecule has 3 rings (SSSR count). The Bertz CT molecular complexity index is 952. The molecule has 5 nitrogen and oxygen atoms in total. The SMILES string of the molecule is CC(C)(C)[S@](=O)C[C@H](Cc1cc(F)c(F)cc1F)C1C[C@H]2CC[C@@H](C1)N2S(=O)(=O)CCN. The number of benzene rings is 1. The lowest BCUT2D eigenvalue weighted by Gasteiger charge is -2.41. The van der Waals surface area contributed by atoms with Crippen LogP contribution >= 0.6 is 0 Å². The number of hydrogen-bond donors (Lipinski definition) is 1. The first-order valence-corrected chi connectivity index (χ1v) is 14.0. The summed E-state index contributed by atoms with van der Waals surface area (Å²) in [4.78, 5) is 0. The fourth-order valence-corrected chi connectivity index (χ4v) is 8.16. The number of fused-ring (bicyclic) bond motifs is 2. The summed E-state index contributed by atoms with van der Waals surface area (Å²) >= 11 is 0. The first-order chi connectivity index (χ1) is 14.8. The van der Waals surface area contributed by atoms with Crippen molar-refractivity contribution in [3.63, 3.8) is 0 Å². The van der Waals surface area contributed by atoms with Gasteiger partial charge in [0.2, 0.25) is 10.0 Å². The molecule has 32 heavy (non-hydrogen) atoms. The number of hydrogen-bond acceptors (Lipinski definition) is 4. The van der Waals surface area contributed by atoms with Gasteiger partial charge in [0.15, 0.2) is 11.6 Å². The minimum atomic E-state index is -3.44. The first-order valence-electron chi connectivity index (χ1n) is 11.1. The van der Waals surface area contributed by atoms with Gasteiger partial charge in [-0.25, -0.2) is 21.6 Å². The molecule has 2 heterocycles. The molecule has 182 valence electrons. The van der Waals surface area contributed by atoms with E-state index in [9.17, 15) is 25.8 Å². The maximum absolute atomic E-state index is 14.4. The fraction of sp³-hybridized carbons (Fsp3) is 0.727. The first kappa shape index (κ1) is 25.6. The highest BCUT2D eigenvalue weighted by molar-refractivity contribution is 7.89. The van der Waals surface area contributed by atoms with E-state index in [0.29, 0.717) is 24.7 Å². The van der Waals surface area contributed by atoms with Crippen LogP contribution in [0.25, 0.3) is 0 Å². The van der Waals surface area contributed by atoms with Crippen molar-refractivity contribution in [2.45, 2.75) is 69.7 Å². The zero-order valence-corrected chi connectivity index (χ0v) is 20.5. The van der Waals surface area contributed by atoms with Crippen LogP contribution in [-0.2, 0) is 27.2 Å². The average molecular weight is 495 g/mol. The molecule has 0 amide bonds. The van der Waals surface area contributed by atoms with Crippen molar-refractivity contribution < 1.29 is 25.8 Å². The maximum Gasteiger partial charge on any atom is 0.215 e. The van der Waals surface area contributed by atoms with Crippen LogP contribution in [0.2, 0.25) is 0 Å². The molecule has 2 aliphatic heterocycles. The molecule has 0 aromatic heterocycles. The Kier molecular flexibility index (Phi) is 7.79. The molecular weight excluding hydrogens is 461 g/mol. The van der Waals surface area contributed by atoms with Gasteiger partial charge in [-0.1, -0.05) is 0 Å². The molecule has 2 fully saturated rings. The summed E-state index contributed by atoms with van der Waals surface area (Å²) in [5.74, 6) is -3.20. The lowest BCUT2D eigenvalue weighted by Crippen LogP contribution is -2.50. The molecule has 1 aromatic carbocycles. The molecule has 2 N–H and O–H groups in total. The topological polar surface area (TPSA) is 80.5 Å². The average Bonchev–Trinajstić information content (AvgIpc) is 2.96. The van der Waals surface area contributed by atoms with E-state index in [-0.39, 0.29) is 48.2 Å². The van der Waals surface area contributed by atoms with Crippen LogP contribution in [0.3, 0.4) is 0 Å². The van der Waals surface area contributed by atoms with Gasteiger partial charge in [-0.05, 0) is 76.3 Å². The van der Waals surface area contributed by atoms with E-state index in [1.54, 1.807) is 4.31 Å². The second kappa shape index (κ2) is 9.72. The standard InChI is InChI=1S/C22H33F3N2O3S2/c1-22(2,3)31(28)13-16(8-15-11-20(24)21(25)12-19(15)23)14-9-17-4-5-18(10-14)27(17)32(29,30)7-6-26/h11-12,14,16-18H,4-10,13,26H2,1-3H3/t14?,16-,17-,18+,31+/m0/s1. The quantitative estimate of drug-likeness (QED) is 0.562. The second-order valence-corrected chi connectivity index (χ2v) is 14.2. The predicted octanol–water partition coefficient (Wildman–Crippen LogP) is 3.34. The van der Waals surface area contributed by atoms with Gasteiger partial charge in [0.1, 0.15) is 5.82 Å². The molecule has 0 saturated carbocycles. The normalized spacial score (nSPS) is 26.3. The van der Waals surface area contributed by atoms with E-state index in [1.807, 2.05) is 20.8 Å². The van der Waals surface area contributed by atoms with E-state index in [0.717, 1.165) is 18.9 Å². The molecule has 2 bridgehead atoms. The highest BCUT2D eigenvalue weighted by atomic mass is 32.2. The summed E-state index contributed by atoms with van der Waals surface area (Å²) in [7, 11) is -4.67. The molecule has 2 saturated heterocycles. The summed E-state index contributed by atoms with van der Waals surface area (Å²) < 4.78 is 81.1. The molecule has 10 heteroatoms. The second-order valence-electron chi connectivity index (χ2n) is 10.00. The van der Waals surface area contributed by atoms with E-state index < -0.39 is 43.0 Å². The van der Waals surface area contributed by atoms with Crippen molar-refractivity contribution in [3.8, 4) is 0 Å². The van der Waals surface area contributed by atoms with Crippen molar-refractivity contribution in [3.05, 3.63) is 35.1 Å².